The fourth-order valence-electron chi connectivity index (χ4n) is 2.58. The number of rotatable bonds is 6. The average molecular weight is 262 g/mol. The lowest BCUT2D eigenvalue weighted by atomic mass is 9.81. The Morgan fingerprint density at radius 3 is 2.26 bits per heavy atom. The van der Waals surface area contributed by atoms with Crippen molar-refractivity contribution in [3.63, 3.8) is 0 Å². The molecule has 1 rings (SSSR count). The average Bonchev–Trinajstić information content (AvgIpc) is 2.34. The minimum atomic E-state index is -0.000577. The Morgan fingerprint density at radius 1 is 1.16 bits per heavy atom. The van der Waals surface area contributed by atoms with E-state index in [2.05, 4.69) is 32.9 Å². The van der Waals surface area contributed by atoms with Crippen LogP contribution in [0.15, 0.2) is 12.1 Å². The van der Waals surface area contributed by atoms with Gasteiger partial charge in [0.1, 0.15) is 11.5 Å². The third kappa shape index (κ3) is 3.59. The van der Waals surface area contributed by atoms with E-state index in [4.69, 9.17) is 4.74 Å². The number of Topliss-reactive ketones (excluding diaryl/α,β-unsaturated/α-hetero) is 1. The van der Waals surface area contributed by atoms with Crippen molar-refractivity contribution in [2.45, 2.75) is 53.9 Å². The Balaban J connectivity index is 3.25. The highest BCUT2D eigenvalue weighted by Gasteiger charge is 2.24. The molecule has 2 nitrogen and oxygen atoms in total. The second kappa shape index (κ2) is 6.74. The van der Waals surface area contributed by atoms with Gasteiger partial charge in [-0.15, -0.1) is 0 Å². The molecular formula is C17H26O2. The minimum Gasteiger partial charge on any atom is -0.494 e. The van der Waals surface area contributed by atoms with Gasteiger partial charge in [0.05, 0.1) is 6.61 Å². The van der Waals surface area contributed by atoms with Crippen LogP contribution in [0.5, 0.6) is 5.75 Å². The Morgan fingerprint density at radius 2 is 1.79 bits per heavy atom. The maximum Gasteiger partial charge on any atom is 0.140 e. The molecule has 0 radical (unpaired) electrons. The molecule has 1 aromatic carbocycles. The predicted molar refractivity (Wildman–Crippen MR) is 80.0 cm³/mol. The van der Waals surface area contributed by atoms with Gasteiger partial charge >= 0.3 is 0 Å². The molecule has 0 saturated heterocycles. The van der Waals surface area contributed by atoms with E-state index in [-0.39, 0.29) is 5.92 Å². The van der Waals surface area contributed by atoms with E-state index in [1.165, 1.54) is 0 Å². The lowest BCUT2D eigenvalue weighted by Gasteiger charge is -2.23. The molecule has 0 N–H and O–H groups in total. The van der Waals surface area contributed by atoms with Crippen LogP contribution in [-0.4, -0.2) is 12.4 Å². The third-order valence-electron chi connectivity index (χ3n) is 3.56. The first-order valence-electron chi connectivity index (χ1n) is 7.18. The van der Waals surface area contributed by atoms with Gasteiger partial charge < -0.3 is 4.74 Å². The van der Waals surface area contributed by atoms with Crippen molar-refractivity contribution in [1.82, 2.24) is 0 Å². The third-order valence-corrected chi connectivity index (χ3v) is 3.56. The van der Waals surface area contributed by atoms with Crippen LogP contribution in [0.25, 0.3) is 0 Å². The highest BCUT2D eigenvalue weighted by Crippen LogP contribution is 2.33. The fourth-order valence-corrected chi connectivity index (χ4v) is 2.58. The lowest BCUT2D eigenvalue weighted by Crippen LogP contribution is -2.18. The van der Waals surface area contributed by atoms with Crippen molar-refractivity contribution in [3.05, 3.63) is 28.8 Å². The Kier molecular flexibility index (Phi) is 5.59. The van der Waals surface area contributed by atoms with E-state index in [0.717, 1.165) is 22.4 Å². The summed E-state index contributed by atoms with van der Waals surface area (Å²) in [6.07, 6.45) is 0.592. The standard InChI is InChI=1S/C17H26O2/c1-7-15(18)17(11(3)4)14-9-13(6)16(19-8-2)10-12(14)5/h9-11,17H,7-8H2,1-6H3. The first-order chi connectivity index (χ1) is 8.92. The van der Waals surface area contributed by atoms with Gasteiger partial charge in [-0.05, 0) is 49.4 Å². The molecule has 19 heavy (non-hydrogen) atoms. The molecule has 0 saturated carbocycles. The molecule has 0 bridgehead atoms. The zero-order chi connectivity index (χ0) is 14.6. The number of carbonyl (C=O) groups excluding carboxylic acids is 1. The normalized spacial score (nSPS) is 12.6. The van der Waals surface area contributed by atoms with Gasteiger partial charge in [-0.1, -0.05) is 26.8 Å². The fraction of sp³-hybridized carbons (Fsp3) is 0.588. The topological polar surface area (TPSA) is 26.3 Å². The maximum atomic E-state index is 12.2. The molecule has 0 aliphatic carbocycles. The summed E-state index contributed by atoms with van der Waals surface area (Å²) in [5.74, 6) is 1.57. The van der Waals surface area contributed by atoms with Crippen LogP contribution in [-0.2, 0) is 4.79 Å². The molecule has 0 heterocycles. The smallest absolute Gasteiger partial charge is 0.140 e. The summed E-state index contributed by atoms with van der Waals surface area (Å²) in [5.41, 5.74) is 3.41. The van der Waals surface area contributed by atoms with Crippen molar-refractivity contribution < 1.29 is 9.53 Å². The number of hydrogen-bond acceptors (Lipinski definition) is 2. The first-order valence-corrected chi connectivity index (χ1v) is 7.18. The van der Waals surface area contributed by atoms with Gasteiger partial charge in [0.25, 0.3) is 0 Å². The summed E-state index contributed by atoms with van der Waals surface area (Å²) >= 11 is 0. The second-order valence-corrected chi connectivity index (χ2v) is 5.45. The van der Waals surface area contributed by atoms with E-state index < -0.39 is 0 Å². The molecule has 0 aliphatic heterocycles. The van der Waals surface area contributed by atoms with Crippen LogP contribution in [0.4, 0.5) is 0 Å². The molecule has 106 valence electrons. The summed E-state index contributed by atoms with van der Waals surface area (Å²) in [7, 11) is 0. The van der Waals surface area contributed by atoms with E-state index in [9.17, 15) is 4.79 Å². The highest BCUT2D eigenvalue weighted by atomic mass is 16.5. The molecule has 0 amide bonds. The van der Waals surface area contributed by atoms with Crippen LogP contribution >= 0.6 is 0 Å². The van der Waals surface area contributed by atoms with Crippen molar-refractivity contribution in [1.29, 1.82) is 0 Å². The Bertz CT molecular complexity index is 447. The van der Waals surface area contributed by atoms with Crippen LogP contribution in [0.3, 0.4) is 0 Å². The highest BCUT2D eigenvalue weighted by molar-refractivity contribution is 5.86. The first kappa shape index (κ1) is 15.7. The van der Waals surface area contributed by atoms with Crippen LogP contribution < -0.4 is 4.74 Å². The summed E-state index contributed by atoms with van der Waals surface area (Å²) in [4.78, 5) is 12.2. The SMILES string of the molecule is CCOc1cc(C)c(C(C(=O)CC)C(C)C)cc1C. The van der Waals surface area contributed by atoms with E-state index >= 15 is 0 Å². The lowest BCUT2D eigenvalue weighted by molar-refractivity contribution is -0.121. The molecule has 0 aromatic heterocycles. The Labute approximate surface area is 117 Å². The predicted octanol–water partition coefficient (Wildman–Crippen LogP) is 4.42. The summed E-state index contributed by atoms with van der Waals surface area (Å²) in [6, 6.07) is 4.19. The monoisotopic (exact) mass is 262 g/mol. The molecule has 1 aromatic rings. The number of hydrogen-bond donors (Lipinski definition) is 0. The molecule has 1 unspecified atom stereocenters. The summed E-state index contributed by atoms with van der Waals surface area (Å²) in [6.45, 7) is 12.9. The van der Waals surface area contributed by atoms with E-state index in [0.29, 0.717) is 24.7 Å². The second-order valence-electron chi connectivity index (χ2n) is 5.45. The van der Waals surface area contributed by atoms with Gasteiger partial charge in [-0.3, -0.25) is 4.79 Å². The molecule has 2 heteroatoms. The molecule has 1 atom stereocenters. The van der Waals surface area contributed by atoms with Crippen molar-refractivity contribution in [3.8, 4) is 5.75 Å². The number of benzene rings is 1. The molecule has 0 fully saturated rings. The van der Waals surface area contributed by atoms with Crippen molar-refractivity contribution in [2.24, 2.45) is 5.92 Å². The number of carbonyl (C=O) groups is 1. The zero-order valence-electron chi connectivity index (χ0n) is 13.0. The van der Waals surface area contributed by atoms with E-state index in [1.54, 1.807) is 0 Å². The summed E-state index contributed by atoms with van der Waals surface area (Å²) < 4.78 is 5.61. The van der Waals surface area contributed by atoms with Crippen LogP contribution in [0.1, 0.15) is 56.7 Å². The van der Waals surface area contributed by atoms with Crippen molar-refractivity contribution >= 4 is 5.78 Å². The molecule has 0 spiro atoms. The number of ether oxygens (including phenoxy) is 1. The van der Waals surface area contributed by atoms with Crippen LogP contribution in [0, 0.1) is 19.8 Å². The zero-order valence-corrected chi connectivity index (χ0v) is 13.0. The van der Waals surface area contributed by atoms with E-state index in [1.807, 2.05) is 20.8 Å². The van der Waals surface area contributed by atoms with Gasteiger partial charge in [0.2, 0.25) is 0 Å². The Hall–Kier alpha value is -1.31. The largest absolute Gasteiger partial charge is 0.494 e. The van der Waals surface area contributed by atoms with Crippen molar-refractivity contribution in [2.75, 3.05) is 6.61 Å². The van der Waals surface area contributed by atoms with Gasteiger partial charge in [-0.2, -0.15) is 0 Å². The molecular weight excluding hydrogens is 236 g/mol. The van der Waals surface area contributed by atoms with Gasteiger partial charge in [-0.25, -0.2) is 0 Å². The van der Waals surface area contributed by atoms with Gasteiger partial charge in [0.15, 0.2) is 0 Å². The molecule has 0 aliphatic rings. The maximum absolute atomic E-state index is 12.2. The summed E-state index contributed by atoms with van der Waals surface area (Å²) in [5, 5.41) is 0. The number of ketones is 1. The quantitative estimate of drug-likeness (QED) is 0.758. The van der Waals surface area contributed by atoms with Gasteiger partial charge in [0, 0.05) is 12.3 Å². The van der Waals surface area contributed by atoms with Crippen LogP contribution in [0.2, 0.25) is 0 Å². The number of aryl methyl sites for hydroxylation is 2. The minimum absolute atomic E-state index is 0.000577.